The molecule has 102 valence electrons. The summed E-state index contributed by atoms with van der Waals surface area (Å²) in [6.07, 6.45) is 5.05. The number of nitrogens with zero attached hydrogens (tertiary/aromatic N) is 5. The number of imidazole rings is 1. The molecule has 0 saturated carbocycles. The predicted molar refractivity (Wildman–Crippen MR) is 70.9 cm³/mol. The Balaban J connectivity index is 2.09. The number of hydrogen-bond donors (Lipinski definition) is 2. The molecule has 0 fully saturated rings. The highest BCUT2D eigenvalue weighted by atomic mass is 16.5. The Morgan fingerprint density at radius 2 is 2.26 bits per heavy atom. The molecule has 19 heavy (non-hydrogen) atoms. The van der Waals surface area contributed by atoms with Crippen LogP contribution < -0.4 is 11.1 Å². The summed E-state index contributed by atoms with van der Waals surface area (Å²) >= 11 is 0. The van der Waals surface area contributed by atoms with Gasteiger partial charge in [-0.05, 0) is 13.8 Å². The Morgan fingerprint density at radius 1 is 1.42 bits per heavy atom. The number of nitrogens with one attached hydrogen (secondary N) is 1. The van der Waals surface area contributed by atoms with Gasteiger partial charge in [0.05, 0.1) is 6.10 Å². The molecule has 2 aromatic heterocycles. The van der Waals surface area contributed by atoms with E-state index >= 15 is 0 Å². The lowest BCUT2D eigenvalue weighted by Gasteiger charge is -2.13. The van der Waals surface area contributed by atoms with Crippen LogP contribution in [0, 0.1) is 0 Å². The van der Waals surface area contributed by atoms with E-state index < -0.39 is 0 Å². The molecule has 8 nitrogen and oxygen atoms in total. The van der Waals surface area contributed by atoms with E-state index in [4.69, 9.17) is 10.5 Å². The Bertz CT molecular complexity index is 514. The van der Waals surface area contributed by atoms with Gasteiger partial charge in [-0.3, -0.25) is 4.57 Å². The van der Waals surface area contributed by atoms with Gasteiger partial charge in [0, 0.05) is 25.5 Å². The second kappa shape index (κ2) is 6.10. The Kier molecular flexibility index (Phi) is 4.24. The molecule has 0 bridgehead atoms. The summed E-state index contributed by atoms with van der Waals surface area (Å²) in [5, 5.41) is 3.07. The average Bonchev–Trinajstić information content (AvgIpc) is 2.90. The van der Waals surface area contributed by atoms with Crippen LogP contribution in [-0.4, -0.2) is 43.8 Å². The van der Waals surface area contributed by atoms with Crippen molar-refractivity contribution in [3.8, 4) is 5.95 Å². The second-order valence-electron chi connectivity index (χ2n) is 3.93. The van der Waals surface area contributed by atoms with E-state index in [1.807, 2.05) is 13.8 Å². The first-order chi connectivity index (χ1) is 9.19. The third-order valence-electron chi connectivity index (χ3n) is 2.38. The predicted octanol–water partition coefficient (Wildman–Crippen LogP) is 0.476. The fourth-order valence-corrected chi connectivity index (χ4v) is 1.53. The summed E-state index contributed by atoms with van der Waals surface area (Å²) in [6.45, 7) is 5.19. The van der Waals surface area contributed by atoms with Crippen molar-refractivity contribution in [2.75, 3.05) is 24.2 Å². The third-order valence-corrected chi connectivity index (χ3v) is 2.38. The summed E-state index contributed by atoms with van der Waals surface area (Å²) in [7, 11) is 0. The smallest absolute Gasteiger partial charge is 0.241 e. The van der Waals surface area contributed by atoms with Crippen molar-refractivity contribution in [1.29, 1.82) is 0 Å². The fourth-order valence-electron chi connectivity index (χ4n) is 1.53. The van der Waals surface area contributed by atoms with Crippen molar-refractivity contribution in [3.63, 3.8) is 0 Å². The molecular weight excluding hydrogens is 246 g/mol. The number of nitrogens with two attached hydrogens (primary N) is 1. The molecule has 0 radical (unpaired) electrons. The van der Waals surface area contributed by atoms with Crippen LogP contribution in [0.3, 0.4) is 0 Å². The largest absolute Gasteiger partial charge is 0.377 e. The summed E-state index contributed by atoms with van der Waals surface area (Å²) in [5.41, 5.74) is 5.66. The van der Waals surface area contributed by atoms with E-state index in [2.05, 4.69) is 25.3 Å². The molecule has 0 aliphatic heterocycles. The zero-order chi connectivity index (χ0) is 13.7. The Morgan fingerprint density at radius 3 is 2.95 bits per heavy atom. The number of rotatable bonds is 6. The highest BCUT2D eigenvalue weighted by molar-refractivity contribution is 5.35. The number of hydrogen-bond acceptors (Lipinski definition) is 7. The van der Waals surface area contributed by atoms with E-state index in [-0.39, 0.29) is 12.1 Å². The maximum atomic E-state index is 5.66. The van der Waals surface area contributed by atoms with Crippen molar-refractivity contribution >= 4 is 11.9 Å². The van der Waals surface area contributed by atoms with Gasteiger partial charge in [-0.1, -0.05) is 0 Å². The van der Waals surface area contributed by atoms with Crippen molar-refractivity contribution in [2.24, 2.45) is 0 Å². The summed E-state index contributed by atoms with van der Waals surface area (Å²) in [5.74, 6) is 1.00. The van der Waals surface area contributed by atoms with E-state index in [0.717, 1.165) is 0 Å². The van der Waals surface area contributed by atoms with Crippen LogP contribution in [0.25, 0.3) is 5.95 Å². The van der Waals surface area contributed by atoms with Gasteiger partial charge in [-0.2, -0.15) is 15.0 Å². The van der Waals surface area contributed by atoms with Gasteiger partial charge in [-0.15, -0.1) is 0 Å². The van der Waals surface area contributed by atoms with E-state index in [9.17, 15) is 0 Å². The molecule has 0 spiro atoms. The molecule has 1 unspecified atom stereocenters. The van der Waals surface area contributed by atoms with E-state index in [1.54, 1.807) is 23.3 Å². The normalized spacial score (nSPS) is 12.3. The summed E-state index contributed by atoms with van der Waals surface area (Å²) < 4.78 is 7.08. The number of aromatic nitrogens is 5. The molecule has 0 saturated heterocycles. The van der Waals surface area contributed by atoms with Gasteiger partial charge in [0.25, 0.3) is 0 Å². The fraction of sp³-hybridized carbons (Fsp3) is 0.455. The molecule has 0 aliphatic rings. The van der Waals surface area contributed by atoms with Crippen molar-refractivity contribution in [1.82, 2.24) is 24.5 Å². The first kappa shape index (κ1) is 13.2. The minimum Gasteiger partial charge on any atom is -0.377 e. The molecule has 0 aliphatic carbocycles. The lowest BCUT2D eigenvalue weighted by atomic mass is 10.4. The third kappa shape index (κ3) is 3.62. The van der Waals surface area contributed by atoms with E-state index in [0.29, 0.717) is 25.0 Å². The van der Waals surface area contributed by atoms with Crippen LogP contribution in [0.2, 0.25) is 0 Å². The summed E-state index contributed by atoms with van der Waals surface area (Å²) in [6, 6.07) is 0. The van der Waals surface area contributed by atoms with Gasteiger partial charge in [-0.25, -0.2) is 4.98 Å². The van der Waals surface area contributed by atoms with Crippen LogP contribution in [0.1, 0.15) is 13.8 Å². The monoisotopic (exact) mass is 263 g/mol. The average molecular weight is 263 g/mol. The van der Waals surface area contributed by atoms with Crippen molar-refractivity contribution in [3.05, 3.63) is 18.7 Å². The molecule has 2 rings (SSSR count). The summed E-state index contributed by atoms with van der Waals surface area (Å²) in [4.78, 5) is 16.3. The van der Waals surface area contributed by atoms with Crippen LogP contribution in [0.15, 0.2) is 18.7 Å². The SMILES string of the molecule is CCOC(C)CNc1nc(N)nc(-n2ccnc2)n1. The standard InChI is InChI=1S/C11H17N7O/c1-3-19-8(2)6-14-10-15-9(12)16-11(17-10)18-5-4-13-7-18/h4-5,7-8H,3,6H2,1-2H3,(H3,12,14,15,16,17). The van der Waals surface area contributed by atoms with Crippen LogP contribution in [0.5, 0.6) is 0 Å². The van der Waals surface area contributed by atoms with Gasteiger partial charge >= 0.3 is 0 Å². The zero-order valence-electron chi connectivity index (χ0n) is 10.9. The molecule has 8 heteroatoms. The molecule has 2 heterocycles. The molecule has 3 N–H and O–H groups in total. The zero-order valence-corrected chi connectivity index (χ0v) is 10.9. The first-order valence-corrected chi connectivity index (χ1v) is 6.04. The molecule has 0 aromatic carbocycles. The van der Waals surface area contributed by atoms with Crippen LogP contribution >= 0.6 is 0 Å². The Labute approximate surface area is 111 Å². The van der Waals surface area contributed by atoms with Crippen LogP contribution in [0.4, 0.5) is 11.9 Å². The minimum atomic E-state index is 0.0692. The lowest BCUT2D eigenvalue weighted by Crippen LogP contribution is -2.21. The van der Waals surface area contributed by atoms with Crippen LogP contribution in [-0.2, 0) is 4.74 Å². The van der Waals surface area contributed by atoms with Crippen molar-refractivity contribution in [2.45, 2.75) is 20.0 Å². The highest BCUT2D eigenvalue weighted by Gasteiger charge is 2.07. The second-order valence-corrected chi connectivity index (χ2v) is 3.93. The van der Waals surface area contributed by atoms with Gasteiger partial charge < -0.3 is 15.8 Å². The molecule has 0 amide bonds. The quantitative estimate of drug-likeness (QED) is 0.780. The highest BCUT2D eigenvalue weighted by Crippen LogP contribution is 2.07. The van der Waals surface area contributed by atoms with Gasteiger partial charge in [0.15, 0.2) is 0 Å². The Hall–Kier alpha value is -2.22. The topological polar surface area (TPSA) is 104 Å². The minimum absolute atomic E-state index is 0.0692. The van der Waals surface area contributed by atoms with Crippen molar-refractivity contribution < 1.29 is 4.74 Å². The number of ether oxygens (including phenoxy) is 1. The number of nitrogen functional groups attached to an aromatic ring is 1. The lowest BCUT2D eigenvalue weighted by molar-refractivity contribution is 0.0854. The molecule has 1 atom stereocenters. The molecule has 2 aromatic rings. The number of anilines is 2. The maximum absolute atomic E-state index is 5.66. The van der Waals surface area contributed by atoms with Gasteiger partial charge in [0.2, 0.25) is 17.8 Å². The van der Waals surface area contributed by atoms with E-state index in [1.165, 1.54) is 0 Å². The molecular formula is C11H17N7O. The first-order valence-electron chi connectivity index (χ1n) is 6.04. The van der Waals surface area contributed by atoms with Gasteiger partial charge in [0.1, 0.15) is 6.33 Å². The maximum Gasteiger partial charge on any atom is 0.241 e.